The lowest BCUT2D eigenvalue weighted by atomic mass is 10.0. The van der Waals surface area contributed by atoms with E-state index < -0.39 is 0 Å². The molecule has 1 fully saturated rings. The summed E-state index contributed by atoms with van der Waals surface area (Å²) in [4.78, 5) is 2.24. The van der Waals surface area contributed by atoms with Gasteiger partial charge in [0, 0.05) is 30.9 Å². The van der Waals surface area contributed by atoms with Gasteiger partial charge in [-0.2, -0.15) is 0 Å². The molecule has 19 heavy (non-hydrogen) atoms. The Morgan fingerprint density at radius 1 is 1.37 bits per heavy atom. The van der Waals surface area contributed by atoms with Crippen molar-refractivity contribution in [3.8, 4) is 5.75 Å². The molecule has 1 aromatic rings. The van der Waals surface area contributed by atoms with Crippen LogP contribution in [0.5, 0.6) is 5.75 Å². The Morgan fingerprint density at radius 2 is 2.11 bits per heavy atom. The number of halogens is 1. The lowest BCUT2D eigenvalue weighted by Gasteiger charge is -2.34. The first-order valence-corrected chi connectivity index (χ1v) is 7.06. The fraction of sp³-hybridized carbons (Fsp3) is 0.600. The summed E-state index contributed by atoms with van der Waals surface area (Å²) in [5.41, 5.74) is 0.951. The molecule has 1 heterocycles. The van der Waals surface area contributed by atoms with Gasteiger partial charge in [0.25, 0.3) is 0 Å². The molecule has 0 saturated carbocycles. The van der Waals surface area contributed by atoms with E-state index in [9.17, 15) is 4.39 Å². The molecule has 1 saturated heterocycles. The predicted molar refractivity (Wildman–Crippen MR) is 76.5 cm³/mol. The van der Waals surface area contributed by atoms with Gasteiger partial charge >= 0.3 is 0 Å². The molecule has 3 nitrogen and oxygen atoms in total. The molecule has 1 aromatic carbocycles. The highest BCUT2D eigenvalue weighted by Crippen LogP contribution is 2.25. The zero-order valence-corrected chi connectivity index (χ0v) is 11.8. The summed E-state index contributed by atoms with van der Waals surface area (Å²) >= 11 is 0. The normalized spacial score (nSPS) is 16.7. The minimum atomic E-state index is -0.286. The van der Waals surface area contributed by atoms with E-state index in [-0.39, 0.29) is 5.82 Å². The number of anilines is 1. The molecule has 106 valence electrons. The monoisotopic (exact) mass is 266 g/mol. The third-order valence-corrected chi connectivity index (χ3v) is 3.68. The van der Waals surface area contributed by atoms with Gasteiger partial charge < -0.3 is 15.0 Å². The van der Waals surface area contributed by atoms with Crippen molar-refractivity contribution < 1.29 is 9.13 Å². The van der Waals surface area contributed by atoms with E-state index in [0.717, 1.165) is 38.2 Å². The third kappa shape index (κ3) is 3.60. The van der Waals surface area contributed by atoms with Gasteiger partial charge in [-0.1, -0.05) is 6.92 Å². The molecule has 0 aliphatic carbocycles. The van der Waals surface area contributed by atoms with Crippen molar-refractivity contribution >= 4 is 5.69 Å². The average Bonchev–Trinajstić information content (AvgIpc) is 2.45. The summed E-state index contributed by atoms with van der Waals surface area (Å²) in [7, 11) is 1.49. The Morgan fingerprint density at radius 3 is 2.68 bits per heavy atom. The van der Waals surface area contributed by atoms with Crippen LogP contribution in [0.3, 0.4) is 0 Å². The van der Waals surface area contributed by atoms with Crippen LogP contribution in [0.1, 0.15) is 26.2 Å². The summed E-state index contributed by atoms with van der Waals surface area (Å²) in [6.07, 6.45) is 3.41. The molecule has 0 spiro atoms. The molecule has 0 unspecified atom stereocenters. The molecule has 1 aliphatic rings. The topological polar surface area (TPSA) is 24.5 Å². The quantitative estimate of drug-likeness (QED) is 0.887. The number of rotatable bonds is 5. The zero-order valence-electron chi connectivity index (χ0n) is 11.8. The number of nitrogens with zero attached hydrogens (tertiary/aromatic N) is 1. The summed E-state index contributed by atoms with van der Waals surface area (Å²) in [5, 5.41) is 3.55. The fourth-order valence-electron chi connectivity index (χ4n) is 2.54. The van der Waals surface area contributed by atoms with Crippen LogP contribution in [0.25, 0.3) is 0 Å². The van der Waals surface area contributed by atoms with E-state index in [1.54, 1.807) is 12.1 Å². The van der Waals surface area contributed by atoms with Crippen LogP contribution in [-0.4, -0.2) is 32.8 Å². The Labute approximate surface area is 114 Å². The van der Waals surface area contributed by atoms with Crippen LogP contribution >= 0.6 is 0 Å². The summed E-state index contributed by atoms with van der Waals surface area (Å²) in [5.74, 6) is 0.0227. The number of methoxy groups -OCH3 is 1. The van der Waals surface area contributed by atoms with Crippen molar-refractivity contribution in [2.24, 2.45) is 0 Å². The standard InChI is InChI=1S/C15H23FN2O/c1-3-8-17-12-6-9-18(10-7-12)13-4-5-15(19-2)14(16)11-13/h4-5,11-12,17H,3,6-10H2,1-2H3. The second-order valence-electron chi connectivity index (χ2n) is 5.03. The predicted octanol–water partition coefficient (Wildman–Crippen LogP) is 2.80. The van der Waals surface area contributed by atoms with Crippen molar-refractivity contribution in [1.82, 2.24) is 5.32 Å². The lowest BCUT2D eigenvalue weighted by molar-refractivity contribution is 0.386. The van der Waals surface area contributed by atoms with E-state index in [4.69, 9.17) is 4.74 Å². The smallest absolute Gasteiger partial charge is 0.167 e. The Balaban J connectivity index is 1.92. The summed E-state index contributed by atoms with van der Waals surface area (Å²) in [6.45, 7) is 5.23. The number of nitrogens with one attached hydrogen (secondary N) is 1. The Bertz CT molecular complexity index is 403. The zero-order chi connectivity index (χ0) is 13.7. The SMILES string of the molecule is CCCNC1CCN(c2ccc(OC)c(F)c2)CC1. The summed E-state index contributed by atoms with van der Waals surface area (Å²) in [6, 6.07) is 5.81. The second-order valence-corrected chi connectivity index (χ2v) is 5.03. The molecule has 2 rings (SSSR count). The molecule has 0 radical (unpaired) electrons. The van der Waals surface area contributed by atoms with Crippen LogP contribution in [-0.2, 0) is 0 Å². The largest absolute Gasteiger partial charge is 0.494 e. The first-order valence-electron chi connectivity index (χ1n) is 7.06. The third-order valence-electron chi connectivity index (χ3n) is 3.68. The molecule has 0 atom stereocenters. The van der Waals surface area contributed by atoms with Gasteiger partial charge in [0.15, 0.2) is 11.6 Å². The molecule has 1 aliphatic heterocycles. The molecule has 0 bridgehead atoms. The first kappa shape index (κ1) is 14.1. The highest BCUT2D eigenvalue weighted by atomic mass is 19.1. The number of benzene rings is 1. The van der Waals surface area contributed by atoms with E-state index in [1.807, 2.05) is 6.07 Å². The van der Waals surface area contributed by atoms with Gasteiger partial charge in [0.05, 0.1) is 7.11 Å². The molecule has 0 aromatic heterocycles. The maximum Gasteiger partial charge on any atom is 0.167 e. The highest BCUT2D eigenvalue weighted by molar-refractivity contribution is 5.50. The highest BCUT2D eigenvalue weighted by Gasteiger charge is 2.19. The van der Waals surface area contributed by atoms with Gasteiger partial charge in [-0.25, -0.2) is 4.39 Å². The molecule has 4 heteroatoms. The number of hydrogen-bond acceptors (Lipinski definition) is 3. The average molecular weight is 266 g/mol. The van der Waals surface area contributed by atoms with Gasteiger partial charge in [0.2, 0.25) is 0 Å². The van der Waals surface area contributed by atoms with Crippen LogP contribution in [0.4, 0.5) is 10.1 Å². The minimum absolute atomic E-state index is 0.286. The first-order chi connectivity index (χ1) is 9.24. The van der Waals surface area contributed by atoms with Crippen LogP contribution in [0.15, 0.2) is 18.2 Å². The Hall–Kier alpha value is -1.29. The lowest BCUT2D eigenvalue weighted by Crippen LogP contribution is -2.42. The van der Waals surface area contributed by atoms with Gasteiger partial charge in [0.1, 0.15) is 0 Å². The van der Waals surface area contributed by atoms with E-state index in [2.05, 4.69) is 17.1 Å². The van der Waals surface area contributed by atoms with Crippen molar-refractivity contribution in [2.75, 3.05) is 31.6 Å². The van der Waals surface area contributed by atoms with Crippen molar-refractivity contribution in [2.45, 2.75) is 32.2 Å². The van der Waals surface area contributed by atoms with Gasteiger partial charge in [-0.3, -0.25) is 0 Å². The number of piperidine rings is 1. The molecule has 1 N–H and O–H groups in total. The van der Waals surface area contributed by atoms with Crippen molar-refractivity contribution in [3.63, 3.8) is 0 Å². The van der Waals surface area contributed by atoms with Crippen LogP contribution < -0.4 is 15.0 Å². The van der Waals surface area contributed by atoms with E-state index in [0.29, 0.717) is 11.8 Å². The van der Waals surface area contributed by atoms with Gasteiger partial charge in [-0.15, -0.1) is 0 Å². The maximum absolute atomic E-state index is 13.7. The minimum Gasteiger partial charge on any atom is -0.494 e. The number of ether oxygens (including phenoxy) is 1. The summed E-state index contributed by atoms with van der Waals surface area (Å²) < 4.78 is 18.6. The van der Waals surface area contributed by atoms with E-state index in [1.165, 1.54) is 13.5 Å². The molecule has 0 amide bonds. The Kier molecular flexibility index (Phi) is 5.02. The van der Waals surface area contributed by atoms with E-state index >= 15 is 0 Å². The maximum atomic E-state index is 13.7. The van der Waals surface area contributed by atoms with Gasteiger partial charge in [-0.05, 0) is 37.9 Å². The fourth-order valence-corrected chi connectivity index (χ4v) is 2.54. The van der Waals surface area contributed by atoms with Crippen molar-refractivity contribution in [3.05, 3.63) is 24.0 Å². The molecular formula is C15H23FN2O. The van der Waals surface area contributed by atoms with Crippen molar-refractivity contribution in [1.29, 1.82) is 0 Å². The second kappa shape index (κ2) is 6.75. The number of hydrogen-bond donors (Lipinski definition) is 1. The van der Waals surface area contributed by atoms with Crippen LogP contribution in [0.2, 0.25) is 0 Å². The van der Waals surface area contributed by atoms with Crippen LogP contribution in [0, 0.1) is 5.82 Å². The molecular weight excluding hydrogens is 243 g/mol.